The second-order valence-electron chi connectivity index (χ2n) is 4.71. The highest BCUT2D eigenvalue weighted by molar-refractivity contribution is 7.08. The number of nitrogens with zero attached hydrogens (tertiary/aromatic N) is 3. The van der Waals surface area contributed by atoms with Crippen molar-refractivity contribution >= 4 is 18.5 Å². The molecule has 0 aliphatic carbocycles. The summed E-state index contributed by atoms with van der Waals surface area (Å²) in [6.45, 7) is 4.07. The molecule has 1 unspecified atom stereocenters. The SMILES string of the molecule is CC(C)CC(B(O)O)n1cc(-c2ccsc2)nn1. The Morgan fingerprint density at radius 2 is 2.22 bits per heavy atom. The van der Waals surface area contributed by atoms with Crippen LogP contribution in [0.4, 0.5) is 0 Å². The van der Waals surface area contributed by atoms with Crippen LogP contribution in [0.15, 0.2) is 23.0 Å². The maximum absolute atomic E-state index is 9.42. The molecule has 0 amide bonds. The summed E-state index contributed by atoms with van der Waals surface area (Å²) >= 11 is 1.59. The first kappa shape index (κ1) is 13.3. The summed E-state index contributed by atoms with van der Waals surface area (Å²) in [5, 5.41) is 30.9. The Labute approximate surface area is 110 Å². The van der Waals surface area contributed by atoms with Gasteiger partial charge >= 0.3 is 7.12 Å². The van der Waals surface area contributed by atoms with E-state index in [2.05, 4.69) is 10.3 Å². The van der Waals surface area contributed by atoms with Gasteiger partial charge in [-0.15, -0.1) is 5.10 Å². The van der Waals surface area contributed by atoms with E-state index in [9.17, 15) is 10.0 Å². The van der Waals surface area contributed by atoms with Gasteiger partial charge in [-0.3, -0.25) is 4.68 Å². The minimum absolute atomic E-state index is 0.352. The van der Waals surface area contributed by atoms with Crippen LogP contribution in [-0.2, 0) is 0 Å². The summed E-state index contributed by atoms with van der Waals surface area (Å²) < 4.78 is 1.54. The lowest BCUT2D eigenvalue weighted by Crippen LogP contribution is -2.30. The second-order valence-corrected chi connectivity index (χ2v) is 5.49. The van der Waals surface area contributed by atoms with Crippen LogP contribution in [-0.4, -0.2) is 32.2 Å². The molecule has 5 nitrogen and oxygen atoms in total. The summed E-state index contributed by atoms with van der Waals surface area (Å²) in [4.78, 5) is 0. The molecule has 2 rings (SSSR count). The molecular weight excluding hydrogens is 249 g/mol. The molecule has 18 heavy (non-hydrogen) atoms. The number of aromatic nitrogens is 3. The maximum atomic E-state index is 9.42. The molecule has 0 radical (unpaired) electrons. The van der Waals surface area contributed by atoms with Crippen molar-refractivity contribution in [1.82, 2.24) is 15.0 Å². The van der Waals surface area contributed by atoms with Gasteiger partial charge < -0.3 is 10.0 Å². The summed E-state index contributed by atoms with van der Waals surface area (Å²) in [5.74, 6) is -0.101. The van der Waals surface area contributed by atoms with E-state index in [0.717, 1.165) is 11.3 Å². The molecule has 2 heterocycles. The molecular formula is C11H16BN3O2S. The minimum atomic E-state index is -1.43. The average Bonchev–Trinajstić information content (AvgIpc) is 2.95. The summed E-state index contributed by atoms with van der Waals surface area (Å²) in [7, 11) is -1.43. The smallest absolute Gasteiger partial charge is 0.426 e. The number of rotatable bonds is 5. The molecule has 7 heteroatoms. The molecule has 0 aliphatic heterocycles. The predicted molar refractivity (Wildman–Crippen MR) is 72.0 cm³/mol. The summed E-state index contributed by atoms with van der Waals surface area (Å²) in [5.41, 5.74) is 1.76. The highest BCUT2D eigenvalue weighted by atomic mass is 32.1. The lowest BCUT2D eigenvalue weighted by Gasteiger charge is -2.17. The van der Waals surface area contributed by atoms with Gasteiger partial charge in [-0.05, 0) is 23.8 Å². The zero-order valence-corrected chi connectivity index (χ0v) is 11.2. The molecule has 0 aliphatic rings. The van der Waals surface area contributed by atoms with Gasteiger partial charge in [0.05, 0.1) is 12.1 Å². The molecule has 0 fully saturated rings. The van der Waals surface area contributed by atoms with Gasteiger partial charge in [-0.2, -0.15) is 11.3 Å². The lowest BCUT2D eigenvalue weighted by atomic mass is 9.75. The predicted octanol–water partition coefficient (Wildman–Crippen LogP) is 1.61. The monoisotopic (exact) mass is 265 g/mol. The van der Waals surface area contributed by atoms with Crippen molar-refractivity contribution in [3.63, 3.8) is 0 Å². The zero-order valence-electron chi connectivity index (χ0n) is 10.4. The van der Waals surface area contributed by atoms with Gasteiger partial charge in [0.15, 0.2) is 0 Å². The van der Waals surface area contributed by atoms with E-state index < -0.39 is 13.1 Å². The Hall–Kier alpha value is -1.18. The van der Waals surface area contributed by atoms with Crippen molar-refractivity contribution in [3.8, 4) is 11.3 Å². The average molecular weight is 265 g/mol. The first-order chi connectivity index (χ1) is 8.58. The molecule has 1 atom stereocenters. The van der Waals surface area contributed by atoms with Crippen LogP contribution >= 0.6 is 11.3 Å². The summed E-state index contributed by atoms with van der Waals surface area (Å²) in [6.07, 6.45) is 2.40. The van der Waals surface area contributed by atoms with Crippen molar-refractivity contribution in [3.05, 3.63) is 23.0 Å². The Balaban J connectivity index is 2.21. The van der Waals surface area contributed by atoms with E-state index in [1.54, 1.807) is 17.5 Å². The minimum Gasteiger partial charge on any atom is -0.426 e. The number of thiophene rings is 1. The van der Waals surface area contributed by atoms with Gasteiger partial charge in [0.25, 0.3) is 0 Å². The highest BCUT2D eigenvalue weighted by Crippen LogP contribution is 2.23. The standard InChI is InChI=1S/C11H16BN3O2S/c1-8(2)5-11(12(16)17)15-6-10(13-14-15)9-3-4-18-7-9/h3-4,6-8,11,16-17H,5H2,1-2H3. The van der Waals surface area contributed by atoms with Crippen LogP contribution < -0.4 is 0 Å². The fraction of sp³-hybridized carbons (Fsp3) is 0.455. The topological polar surface area (TPSA) is 71.2 Å². The van der Waals surface area contributed by atoms with E-state index >= 15 is 0 Å². The Morgan fingerprint density at radius 1 is 1.44 bits per heavy atom. The Morgan fingerprint density at radius 3 is 2.78 bits per heavy atom. The van der Waals surface area contributed by atoms with Crippen LogP contribution in [0.5, 0.6) is 0 Å². The zero-order chi connectivity index (χ0) is 13.1. The van der Waals surface area contributed by atoms with Crippen LogP contribution in [0.1, 0.15) is 26.2 Å². The Bertz CT molecular complexity index is 484. The van der Waals surface area contributed by atoms with Gasteiger partial charge in [-0.25, -0.2) is 0 Å². The number of hydrogen-bond donors (Lipinski definition) is 2. The van der Waals surface area contributed by atoms with Gasteiger partial charge in [0, 0.05) is 10.9 Å². The lowest BCUT2D eigenvalue weighted by molar-refractivity contribution is 0.324. The van der Waals surface area contributed by atoms with Crippen molar-refractivity contribution in [2.45, 2.75) is 26.2 Å². The number of hydrogen-bond acceptors (Lipinski definition) is 5. The molecule has 0 spiro atoms. The third kappa shape index (κ3) is 2.98. The van der Waals surface area contributed by atoms with Crippen molar-refractivity contribution in [1.29, 1.82) is 0 Å². The van der Waals surface area contributed by atoms with Gasteiger partial charge in [0.2, 0.25) is 0 Å². The normalized spacial score (nSPS) is 12.9. The molecule has 2 aromatic heterocycles. The fourth-order valence-corrected chi connectivity index (χ4v) is 2.48. The van der Waals surface area contributed by atoms with E-state index in [-0.39, 0.29) is 0 Å². The quantitative estimate of drug-likeness (QED) is 0.805. The molecule has 0 bridgehead atoms. The second kappa shape index (κ2) is 5.64. The molecule has 0 saturated heterocycles. The van der Waals surface area contributed by atoms with Gasteiger partial charge in [-0.1, -0.05) is 19.1 Å². The highest BCUT2D eigenvalue weighted by Gasteiger charge is 2.27. The van der Waals surface area contributed by atoms with Crippen LogP contribution in [0, 0.1) is 5.92 Å². The van der Waals surface area contributed by atoms with Crippen molar-refractivity contribution < 1.29 is 10.0 Å². The van der Waals surface area contributed by atoms with Crippen LogP contribution in [0.2, 0.25) is 0 Å². The van der Waals surface area contributed by atoms with Gasteiger partial charge in [0.1, 0.15) is 5.69 Å². The molecule has 2 N–H and O–H groups in total. The molecule has 2 aromatic rings. The Kier molecular flexibility index (Phi) is 4.16. The van der Waals surface area contributed by atoms with E-state index in [0.29, 0.717) is 12.3 Å². The van der Waals surface area contributed by atoms with E-state index in [1.807, 2.05) is 30.7 Å². The van der Waals surface area contributed by atoms with Crippen molar-refractivity contribution in [2.24, 2.45) is 5.92 Å². The molecule has 96 valence electrons. The van der Waals surface area contributed by atoms with Crippen LogP contribution in [0.3, 0.4) is 0 Å². The largest absolute Gasteiger partial charge is 0.477 e. The van der Waals surface area contributed by atoms with E-state index in [4.69, 9.17) is 0 Å². The van der Waals surface area contributed by atoms with Crippen molar-refractivity contribution in [2.75, 3.05) is 0 Å². The van der Waals surface area contributed by atoms with Crippen LogP contribution in [0.25, 0.3) is 11.3 Å². The third-order valence-corrected chi connectivity index (χ3v) is 3.41. The molecule has 0 saturated carbocycles. The fourth-order valence-electron chi connectivity index (χ4n) is 1.83. The first-order valence-corrected chi connectivity index (χ1v) is 6.82. The first-order valence-electron chi connectivity index (χ1n) is 5.88. The van der Waals surface area contributed by atoms with E-state index in [1.165, 1.54) is 4.68 Å². The maximum Gasteiger partial charge on any atom is 0.477 e. The third-order valence-electron chi connectivity index (χ3n) is 2.72. The molecule has 0 aromatic carbocycles. The summed E-state index contributed by atoms with van der Waals surface area (Å²) in [6, 6.07) is 1.96.